The quantitative estimate of drug-likeness (QED) is 0.882. The molecule has 2 heterocycles. The van der Waals surface area contributed by atoms with Gasteiger partial charge in [0.25, 0.3) is 0 Å². The minimum absolute atomic E-state index is 0. The van der Waals surface area contributed by atoms with Crippen molar-refractivity contribution in [3.05, 3.63) is 35.8 Å². The zero-order valence-electron chi connectivity index (χ0n) is 13.2. The Bertz CT molecular complexity index is 659. The predicted molar refractivity (Wildman–Crippen MR) is 96.2 cm³/mol. The van der Waals surface area contributed by atoms with Crippen LogP contribution in [0.3, 0.4) is 0 Å². The number of nitrogens with two attached hydrogens (primary N) is 1. The fourth-order valence-corrected chi connectivity index (χ4v) is 3.10. The highest BCUT2D eigenvalue weighted by Crippen LogP contribution is 2.26. The lowest BCUT2D eigenvalue weighted by Gasteiger charge is -2.14. The van der Waals surface area contributed by atoms with Crippen molar-refractivity contribution in [3.63, 3.8) is 0 Å². The maximum atomic E-state index is 12.0. The number of aryl methyl sites for hydroxylation is 1. The number of halogens is 2. The molecule has 0 aromatic carbocycles. The molecule has 0 radical (unpaired) electrons. The number of hydrogen-bond donors (Lipinski definition) is 2. The molecule has 2 aromatic heterocycles. The van der Waals surface area contributed by atoms with E-state index in [2.05, 4.69) is 10.3 Å². The molecule has 1 amide bonds. The zero-order chi connectivity index (χ0) is 14.8. The van der Waals surface area contributed by atoms with Gasteiger partial charge in [-0.25, -0.2) is 4.98 Å². The first-order valence-corrected chi connectivity index (χ1v) is 7.59. The maximum Gasteiger partial charge on any atom is 0.220 e. The minimum atomic E-state index is 0. The van der Waals surface area contributed by atoms with Crippen molar-refractivity contribution in [2.24, 2.45) is 11.7 Å². The van der Waals surface area contributed by atoms with Crippen LogP contribution in [0.15, 0.2) is 24.4 Å². The molecule has 5 nitrogen and oxygen atoms in total. The van der Waals surface area contributed by atoms with Gasteiger partial charge in [-0.2, -0.15) is 0 Å². The number of pyridine rings is 1. The molecule has 2 atom stereocenters. The van der Waals surface area contributed by atoms with Crippen LogP contribution in [0.5, 0.6) is 0 Å². The molecule has 2 aromatic rings. The summed E-state index contributed by atoms with van der Waals surface area (Å²) in [6.45, 7) is 2.51. The molecule has 1 aliphatic rings. The number of hydrogen-bond acceptors (Lipinski definition) is 3. The first-order chi connectivity index (χ1) is 10.1. The highest BCUT2D eigenvalue weighted by molar-refractivity contribution is 5.85. The topological polar surface area (TPSA) is 72.4 Å². The average molecular weight is 359 g/mol. The van der Waals surface area contributed by atoms with Crippen LogP contribution in [0.2, 0.25) is 0 Å². The second kappa shape index (κ2) is 8.52. The third-order valence-electron chi connectivity index (χ3n) is 4.38. The van der Waals surface area contributed by atoms with Crippen molar-refractivity contribution in [2.45, 2.75) is 45.2 Å². The molecule has 1 fully saturated rings. The van der Waals surface area contributed by atoms with Crippen molar-refractivity contribution in [2.75, 3.05) is 0 Å². The molecule has 0 spiro atoms. The number of nitrogens with zero attached hydrogens (tertiary/aromatic N) is 2. The normalized spacial score (nSPS) is 19.9. The fraction of sp³-hybridized carbons (Fsp3) is 0.500. The number of nitrogens with one attached hydrogen (secondary N) is 1. The predicted octanol–water partition coefficient (Wildman–Crippen LogP) is 2.62. The van der Waals surface area contributed by atoms with Crippen molar-refractivity contribution >= 4 is 36.4 Å². The molecule has 0 saturated heterocycles. The van der Waals surface area contributed by atoms with Gasteiger partial charge in [-0.15, -0.1) is 24.8 Å². The smallest absolute Gasteiger partial charge is 0.220 e. The number of fused-ring (bicyclic) bond motifs is 1. The van der Waals surface area contributed by atoms with E-state index in [1.54, 1.807) is 0 Å². The van der Waals surface area contributed by atoms with E-state index >= 15 is 0 Å². The lowest BCUT2D eigenvalue weighted by molar-refractivity contribution is -0.122. The van der Waals surface area contributed by atoms with Gasteiger partial charge in [-0.05, 0) is 37.8 Å². The Morgan fingerprint density at radius 3 is 2.83 bits per heavy atom. The highest BCUT2D eigenvalue weighted by Gasteiger charge is 2.25. The molecule has 1 saturated carbocycles. The first kappa shape index (κ1) is 19.7. The van der Waals surface area contributed by atoms with Crippen LogP contribution >= 0.6 is 24.8 Å². The number of rotatable bonds is 4. The van der Waals surface area contributed by atoms with E-state index in [4.69, 9.17) is 5.73 Å². The van der Waals surface area contributed by atoms with Crippen LogP contribution in [0.25, 0.3) is 5.65 Å². The number of imidazole rings is 1. The van der Waals surface area contributed by atoms with Crippen LogP contribution in [0.1, 0.15) is 37.1 Å². The van der Waals surface area contributed by atoms with Crippen LogP contribution in [0.4, 0.5) is 0 Å². The van der Waals surface area contributed by atoms with Gasteiger partial charge in [-0.3, -0.25) is 4.79 Å². The molecule has 0 aliphatic heterocycles. The number of carbonyl (C=O) groups is 1. The van der Waals surface area contributed by atoms with E-state index in [1.807, 2.05) is 35.7 Å². The Hall–Kier alpha value is -1.30. The van der Waals surface area contributed by atoms with Crippen LogP contribution in [-0.2, 0) is 11.3 Å². The van der Waals surface area contributed by atoms with Gasteiger partial charge in [0, 0.05) is 24.4 Å². The molecule has 1 aliphatic carbocycles. The molecule has 0 unspecified atom stereocenters. The van der Waals surface area contributed by atoms with Gasteiger partial charge < -0.3 is 15.5 Å². The van der Waals surface area contributed by atoms with E-state index in [-0.39, 0.29) is 36.8 Å². The van der Waals surface area contributed by atoms with Crippen molar-refractivity contribution in [1.29, 1.82) is 0 Å². The summed E-state index contributed by atoms with van der Waals surface area (Å²) in [5.41, 5.74) is 8.94. The van der Waals surface area contributed by atoms with Gasteiger partial charge in [0.2, 0.25) is 5.91 Å². The van der Waals surface area contributed by atoms with Crippen LogP contribution < -0.4 is 11.1 Å². The fourth-order valence-electron chi connectivity index (χ4n) is 3.10. The third kappa shape index (κ3) is 4.59. The molecule has 128 valence electrons. The van der Waals surface area contributed by atoms with Crippen molar-refractivity contribution in [1.82, 2.24) is 14.7 Å². The summed E-state index contributed by atoms with van der Waals surface area (Å²) in [7, 11) is 0. The van der Waals surface area contributed by atoms with Crippen molar-refractivity contribution in [3.8, 4) is 0 Å². The third-order valence-corrected chi connectivity index (χ3v) is 4.38. The second-order valence-corrected chi connectivity index (χ2v) is 5.96. The Kier molecular flexibility index (Phi) is 7.32. The summed E-state index contributed by atoms with van der Waals surface area (Å²) >= 11 is 0. The number of carbonyl (C=O) groups excluding carboxylic acids is 1. The molecule has 3 N–H and O–H groups in total. The second-order valence-electron chi connectivity index (χ2n) is 5.96. The summed E-state index contributed by atoms with van der Waals surface area (Å²) in [4.78, 5) is 16.5. The van der Waals surface area contributed by atoms with Gasteiger partial charge >= 0.3 is 0 Å². The summed E-state index contributed by atoms with van der Waals surface area (Å²) in [5, 5.41) is 2.96. The monoisotopic (exact) mass is 358 g/mol. The van der Waals surface area contributed by atoms with Crippen LogP contribution in [-0.4, -0.2) is 21.3 Å². The molecule has 23 heavy (non-hydrogen) atoms. The van der Waals surface area contributed by atoms with E-state index < -0.39 is 0 Å². The summed E-state index contributed by atoms with van der Waals surface area (Å²) < 4.78 is 2.04. The SMILES string of the molecule is Cc1cccc2nc(CNC(=O)C[C@@H]3CCC[C@H]3N)cn12.Cl.Cl. The van der Waals surface area contributed by atoms with Gasteiger partial charge in [-0.1, -0.05) is 12.5 Å². The average Bonchev–Trinajstić information content (AvgIpc) is 3.04. The Morgan fingerprint density at radius 1 is 1.39 bits per heavy atom. The lowest BCUT2D eigenvalue weighted by atomic mass is 10.00. The van der Waals surface area contributed by atoms with Gasteiger partial charge in [0.1, 0.15) is 5.65 Å². The standard InChI is InChI=1S/C16H22N4O.2ClH/c1-11-4-2-7-15-19-13(10-20(11)15)9-18-16(21)8-12-5-3-6-14(12)17;;/h2,4,7,10,12,14H,3,5-6,8-9,17H2,1H3,(H,18,21);2*1H/t12-,14+;;/m0../s1. The van der Waals surface area contributed by atoms with Crippen molar-refractivity contribution < 1.29 is 4.79 Å². The van der Waals surface area contributed by atoms with Gasteiger partial charge in [0.15, 0.2) is 0 Å². The summed E-state index contributed by atoms with van der Waals surface area (Å²) in [6.07, 6.45) is 5.77. The zero-order valence-corrected chi connectivity index (χ0v) is 14.8. The number of aromatic nitrogens is 2. The van der Waals surface area contributed by atoms with E-state index in [1.165, 1.54) is 0 Å². The Labute approximate surface area is 148 Å². The molecule has 3 rings (SSSR count). The Morgan fingerprint density at radius 2 is 2.17 bits per heavy atom. The highest BCUT2D eigenvalue weighted by atomic mass is 35.5. The van der Waals surface area contributed by atoms with E-state index in [9.17, 15) is 4.79 Å². The maximum absolute atomic E-state index is 12.0. The molecular formula is C16H24Cl2N4O. The van der Waals surface area contributed by atoms with E-state index in [0.717, 1.165) is 36.3 Å². The van der Waals surface area contributed by atoms with E-state index in [0.29, 0.717) is 18.9 Å². The lowest BCUT2D eigenvalue weighted by Crippen LogP contribution is -2.31. The number of amides is 1. The Balaban J connectivity index is 0.00000132. The summed E-state index contributed by atoms with van der Waals surface area (Å²) in [6, 6.07) is 6.18. The van der Waals surface area contributed by atoms with Gasteiger partial charge in [0.05, 0.1) is 12.2 Å². The molecule has 0 bridgehead atoms. The first-order valence-electron chi connectivity index (χ1n) is 7.59. The molecular weight excluding hydrogens is 335 g/mol. The largest absolute Gasteiger partial charge is 0.350 e. The van der Waals surface area contributed by atoms with Crippen LogP contribution in [0, 0.1) is 12.8 Å². The molecule has 7 heteroatoms. The summed E-state index contributed by atoms with van der Waals surface area (Å²) in [5.74, 6) is 0.416. The minimum Gasteiger partial charge on any atom is -0.350 e.